The zero-order valence-corrected chi connectivity index (χ0v) is 25.2. The number of carbonyl (C=O) groups excluding carboxylic acids is 3. The molecule has 2 N–H and O–H groups in total. The van der Waals surface area contributed by atoms with Crippen LogP contribution in [0.4, 0.5) is 13.2 Å². The Morgan fingerprint density at radius 3 is 2.51 bits per heavy atom. The molecule has 1 saturated heterocycles. The molecule has 1 aliphatic heterocycles. The molecular weight excluding hydrogens is 633 g/mol. The number of fused-ring (bicyclic) bond motifs is 1. The zero-order chi connectivity index (χ0) is 33.2. The molecule has 3 heterocycles. The summed E-state index contributed by atoms with van der Waals surface area (Å²) in [5.74, 6) is 2.70. The first kappa shape index (κ1) is 31.4. The lowest BCUT2D eigenvalue weighted by Crippen LogP contribution is -2.43. The maximum Gasteiger partial charge on any atom is 0.269 e. The molecule has 1 fully saturated rings. The van der Waals surface area contributed by atoms with E-state index in [-0.39, 0.29) is 40.4 Å². The molecular formula is C34H24ClF3N6O3. The summed E-state index contributed by atoms with van der Waals surface area (Å²) in [7, 11) is 0. The Morgan fingerprint density at radius 2 is 1.77 bits per heavy atom. The lowest BCUT2D eigenvalue weighted by Gasteiger charge is -2.23. The average molecular weight is 657 g/mol. The van der Waals surface area contributed by atoms with E-state index in [4.69, 9.17) is 17.3 Å². The molecule has 0 unspecified atom stereocenters. The van der Waals surface area contributed by atoms with E-state index in [1.54, 1.807) is 36.7 Å². The van der Waals surface area contributed by atoms with E-state index in [1.807, 2.05) is 0 Å². The largest absolute Gasteiger partial charge is 0.364 e. The fourth-order valence-electron chi connectivity index (χ4n) is 5.57. The van der Waals surface area contributed by atoms with Crippen LogP contribution in [-0.2, 0) is 22.6 Å². The number of rotatable bonds is 7. The number of likely N-dealkylation sites (tertiary alicyclic amines) is 1. The highest BCUT2D eigenvalue weighted by Crippen LogP contribution is 2.33. The molecule has 13 heteroatoms. The van der Waals surface area contributed by atoms with Gasteiger partial charge in [-0.3, -0.25) is 19.1 Å². The minimum atomic E-state index is -1.48. The van der Waals surface area contributed by atoms with Crippen LogP contribution >= 0.6 is 11.6 Å². The molecule has 0 saturated carbocycles. The van der Waals surface area contributed by atoms with Crippen LogP contribution in [0, 0.1) is 23.5 Å². The van der Waals surface area contributed by atoms with Crippen molar-refractivity contribution in [2.24, 2.45) is 5.73 Å². The van der Waals surface area contributed by atoms with Crippen LogP contribution < -0.4 is 5.73 Å². The van der Waals surface area contributed by atoms with Gasteiger partial charge in [0.1, 0.15) is 24.4 Å². The molecule has 9 nitrogen and oxygen atoms in total. The lowest BCUT2D eigenvalue weighted by atomic mass is 9.96. The zero-order valence-electron chi connectivity index (χ0n) is 24.5. The highest BCUT2D eigenvalue weighted by molar-refractivity contribution is 6.33. The monoisotopic (exact) mass is 656 g/mol. The number of ketones is 1. The summed E-state index contributed by atoms with van der Waals surface area (Å²) in [6.07, 6.45) is 0.951. The molecule has 236 valence electrons. The Bertz CT molecular complexity index is 2110. The van der Waals surface area contributed by atoms with Crippen molar-refractivity contribution in [2.45, 2.75) is 31.6 Å². The van der Waals surface area contributed by atoms with Gasteiger partial charge < -0.3 is 10.6 Å². The third-order valence-corrected chi connectivity index (χ3v) is 8.07. The molecule has 0 bridgehead atoms. The quantitative estimate of drug-likeness (QED) is 0.254. The first-order chi connectivity index (χ1) is 22.6. The topological polar surface area (TPSA) is 124 Å². The second kappa shape index (κ2) is 13.1. The summed E-state index contributed by atoms with van der Waals surface area (Å²) in [5, 5.41) is 4.58. The van der Waals surface area contributed by atoms with Crippen molar-refractivity contribution in [1.29, 1.82) is 0 Å². The van der Waals surface area contributed by atoms with Crippen molar-refractivity contribution in [3.05, 3.63) is 112 Å². The third kappa shape index (κ3) is 6.57. The molecule has 5 aromatic rings. The Balaban J connectivity index is 1.23. The molecule has 0 aliphatic carbocycles. The van der Waals surface area contributed by atoms with Crippen molar-refractivity contribution in [3.63, 3.8) is 0 Å². The number of halogens is 4. The van der Waals surface area contributed by atoms with Gasteiger partial charge >= 0.3 is 0 Å². The second-order valence-electron chi connectivity index (χ2n) is 10.9. The minimum Gasteiger partial charge on any atom is -0.364 e. The van der Waals surface area contributed by atoms with Crippen molar-refractivity contribution in [3.8, 4) is 23.0 Å². The minimum absolute atomic E-state index is 0.00297. The summed E-state index contributed by atoms with van der Waals surface area (Å²) in [6, 6.07) is 13.3. The Hall–Kier alpha value is -5.54. The van der Waals surface area contributed by atoms with Crippen LogP contribution in [0.1, 0.15) is 33.9 Å². The van der Waals surface area contributed by atoms with Gasteiger partial charge in [-0.1, -0.05) is 35.7 Å². The third-order valence-electron chi connectivity index (χ3n) is 7.76. The standard InChI is InChI=1S/C34H24ClF3N6O3/c35-26-15-21(36)7-8-23(26)24-4-1-3-20(32(24)38)14-29(45)28-16-22(37)17-43(28)31(46)18-44-27-9-5-19(6-10-30-40-11-2-12-41-30)13-25(27)33(42-44)34(39)47/h1-5,7-9,11-13,15,22,28H,14,16-18H2,(H2,39,47)/t22-,28+/m1/s1. The van der Waals surface area contributed by atoms with Crippen LogP contribution in [0.2, 0.25) is 5.02 Å². The molecule has 3 aromatic carbocycles. The smallest absolute Gasteiger partial charge is 0.269 e. The van der Waals surface area contributed by atoms with Gasteiger partial charge in [0.05, 0.1) is 23.1 Å². The van der Waals surface area contributed by atoms with Crippen LogP contribution in [0.15, 0.2) is 73.1 Å². The Kier molecular flexibility index (Phi) is 8.74. The fraction of sp³-hybridized carbons (Fsp3) is 0.176. The van der Waals surface area contributed by atoms with Gasteiger partial charge in [-0.05, 0) is 53.9 Å². The van der Waals surface area contributed by atoms with Crippen molar-refractivity contribution < 1.29 is 27.6 Å². The van der Waals surface area contributed by atoms with Gasteiger partial charge in [-0.25, -0.2) is 23.1 Å². The number of benzene rings is 3. The molecule has 47 heavy (non-hydrogen) atoms. The number of nitrogens with two attached hydrogens (primary N) is 1. The van der Waals surface area contributed by atoms with E-state index in [1.165, 1.54) is 28.9 Å². The number of primary amides is 1. The molecule has 6 rings (SSSR count). The van der Waals surface area contributed by atoms with Crippen molar-refractivity contribution in [2.75, 3.05) is 6.54 Å². The predicted molar refractivity (Wildman–Crippen MR) is 167 cm³/mol. The number of alkyl halides is 1. The van der Waals surface area contributed by atoms with E-state index in [0.29, 0.717) is 22.3 Å². The van der Waals surface area contributed by atoms with Crippen LogP contribution in [0.25, 0.3) is 22.0 Å². The van der Waals surface area contributed by atoms with Gasteiger partial charge in [0.2, 0.25) is 11.7 Å². The van der Waals surface area contributed by atoms with Gasteiger partial charge in [-0.2, -0.15) is 5.10 Å². The van der Waals surface area contributed by atoms with E-state index < -0.39 is 54.4 Å². The molecule has 1 aliphatic rings. The maximum atomic E-state index is 15.6. The molecule has 2 atom stereocenters. The number of nitrogens with zero attached hydrogens (tertiary/aromatic N) is 5. The number of amides is 2. The number of aromatic nitrogens is 4. The predicted octanol–water partition coefficient (Wildman–Crippen LogP) is 4.67. The van der Waals surface area contributed by atoms with Gasteiger partial charge in [0, 0.05) is 47.3 Å². The second-order valence-corrected chi connectivity index (χ2v) is 11.3. The van der Waals surface area contributed by atoms with Gasteiger partial charge in [0.25, 0.3) is 5.91 Å². The molecule has 2 aromatic heterocycles. The molecule has 0 spiro atoms. The van der Waals surface area contributed by atoms with Crippen LogP contribution in [-0.4, -0.2) is 61.0 Å². The highest BCUT2D eigenvalue weighted by Gasteiger charge is 2.40. The van der Waals surface area contributed by atoms with E-state index >= 15 is 4.39 Å². The van der Waals surface area contributed by atoms with Crippen molar-refractivity contribution >= 4 is 40.1 Å². The number of Topliss-reactive ketones (excluding diaryl/α,β-unsaturated/α-hetero) is 1. The summed E-state index contributed by atoms with van der Waals surface area (Å²) >= 11 is 6.13. The van der Waals surface area contributed by atoms with Gasteiger partial charge in [0.15, 0.2) is 11.5 Å². The van der Waals surface area contributed by atoms with Crippen LogP contribution in [0.3, 0.4) is 0 Å². The normalized spacial score (nSPS) is 15.8. The average Bonchev–Trinajstić information content (AvgIpc) is 3.62. The summed E-state index contributed by atoms with van der Waals surface area (Å²) in [5.41, 5.74) is 6.72. The SMILES string of the molecule is NC(=O)c1nn(CC(=O)N2C[C@H](F)C[C@H]2C(=O)Cc2cccc(-c3ccc(F)cc3Cl)c2F)c2ccc(C#Cc3ncccn3)cc12. The maximum absolute atomic E-state index is 15.6. The lowest BCUT2D eigenvalue weighted by molar-refractivity contribution is -0.138. The summed E-state index contributed by atoms with van der Waals surface area (Å²) in [4.78, 5) is 48.4. The van der Waals surface area contributed by atoms with E-state index in [2.05, 4.69) is 26.9 Å². The highest BCUT2D eigenvalue weighted by atomic mass is 35.5. The molecule has 2 amide bonds. The number of carbonyl (C=O) groups is 3. The summed E-state index contributed by atoms with van der Waals surface area (Å²) in [6.45, 7) is -0.762. The Labute approximate surface area is 271 Å². The first-order valence-electron chi connectivity index (χ1n) is 14.4. The number of hydrogen-bond donors (Lipinski definition) is 1. The fourth-order valence-corrected chi connectivity index (χ4v) is 5.84. The number of hydrogen-bond acceptors (Lipinski definition) is 6. The van der Waals surface area contributed by atoms with E-state index in [0.717, 1.165) is 17.0 Å². The van der Waals surface area contributed by atoms with Gasteiger partial charge in [-0.15, -0.1) is 0 Å². The first-order valence-corrected chi connectivity index (χ1v) is 14.8. The van der Waals surface area contributed by atoms with Crippen molar-refractivity contribution in [1.82, 2.24) is 24.6 Å². The van der Waals surface area contributed by atoms with E-state index in [9.17, 15) is 23.2 Å². The Morgan fingerprint density at radius 1 is 0.979 bits per heavy atom. The van der Waals surface area contributed by atoms with Crippen LogP contribution in [0.5, 0.6) is 0 Å². The summed E-state index contributed by atoms with van der Waals surface area (Å²) < 4.78 is 45.1. The molecule has 0 radical (unpaired) electrons.